The van der Waals surface area contributed by atoms with Crippen LogP contribution in [0.1, 0.15) is 21.5 Å². The van der Waals surface area contributed by atoms with E-state index in [4.69, 9.17) is 4.74 Å². The predicted octanol–water partition coefficient (Wildman–Crippen LogP) is 3.17. The molecular formula is C19H20FNO4S. The molecule has 2 aromatic rings. The number of rotatable bonds is 8. The molecule has 0 bridgehead atoms. The van der Waals surface area contributed by atoms with Gasteiger partial charge in [0.1, 0.15) is 0 Å². The van der Waals surface area contributed by atoms with Gasteiger partial charge in [-0.2, -0.15) is 0 Å². The van der Waals surface area contributed by atoms with Crippen molar-refractivity contribution in [2.45, 2.75) is 12.3 Å². The molecule has 2 rings (SSSR count). The van der Waals surface area contributed by atoms with E-state index in [1.165, 1.54) is 32.0 Å². The van der Waals surface area contributed by atoms with Crippen LogP contribution in [0, 0.1) is 5.82 Å². The third kappa shape index (κ3) is 5.77. The summed E-state index contributed by atoms with van der Waals surface area (Å²) < 4.78 is 23.1. The van der Waals surface area contributed by atoms with E-state index in [-0.39, 0.29) is 17.4 Å². The monoisotopic (exact) mass is 377 g/mol. The summed E-state index contributed by atoms with van der Waals surface area (Å²) >= 11 is 1.40. The van der Waals surface area contributed by atoms with Gasteiger partial charge in [-0.05, 0) is 35.4 Å². The smallest absolute Gasteiger partial charge is 0.337 e. The minimum Gasteiger partial charge on any atom is -0.494 e. The molecule has 0 fully saturated rings. The van der Waals surface area contributed by atoms with E-state index in [1.54, 1.807) is 36.4 Å². The van der Waals surface area contributed by atoms with Crippen molar-refractivity contribution < 1.29 is 23.5 Å². The van der Waals surface area contributed by atoms with Crippen molar-refractivity contribution in [3.63, 3.8) is 0 Å². The number of esters is 1. The molecule has 0 heterocycles. The van der Waals surface area contributed by atoms with Crippen molar-refractivity contribution in [2.24, 2.45) is 0 Å². The number of carbonyl (C=O) groups is 2. The lowest BCUT2D eigenvalue weighted by Crippen LogP contribution is -2.24. The van der Waals surface area contributed by atoms with E-state index in [0.29, 0.717) is 17.9 Å². The van der Waals surface area contributed by atoms with E-state index >= 15 is 0 Å². The van der Waals surface area contributed by atoms with E-state index in [9.17, 15) is 14.0 Å². The van der Waals surface area contributed by atoms with Gasteiger partial charge >= 0.3 is 5.97 Å². The fourth-order valence-corrected chi connectivity index (χ4v) is 2.99. The van der Waals surface area contributed by atoms with Crippen LogP contribution < -0.4 is 10.1 Å². The average molecular weight is 377 g/mol. The van der Waals surface area contributed by atoms with Crippen LogP contribution in [0.3, 0.4) is 0 Å². The Morgan fingerprint density at radius 3 is 2.38 bits per heavy atom. The Kier molecular flexibility index (Phi) is 7.47. The standard InChI is InChI=1S/C19H20FNO4S/c1-24-17-8-5-14(9-16(17)20)11-26-12-18(22)21-10-13-3-6-15(7-4-13)19(23)25-2/h3-9H,10-12H2,1-2H3,(H,21,22). The highest BCUT2D eigenvalue weighted by Crippen LogP contribution is 2.20. The van der Waals surface area contributed by atoms with E-state index in [1.807, 2.05) is 0 Å². The van der Waals surface area contributed by atoms with Crippen molar-refractivity contribution >= 4 is 23.6 Å². The van der Waals surface area contributed by atoms with Crippen LogP contribution in [0.15, 0.2) is 42.5 Å². The molecule has 0 aliphatic heterocycles. The van der Waals surface area contributed by atoms with Gasteiger partial charge in [0.05, 0.1) is 25.5 Å². The minimum atomic E-state index is -0.412. The van der Waals surface area contributed by atoms with E-state index in [0.717, 1.165) is 11.1 Å². The van der Waals surface area contributed by atoms with Crippen molar-refractivity contribution in [1.82, 2.24) is 5.32 Å². The fraction of sp³-hybridized carbons (Fsp3) is 0.263. The second-order valence-corrected chi connectivity index (χ2v) is 6.41. The SMILES string of the molecule is COC(=O)c1ccc(CNC(=O)CSCc2ccc(OC)c(F)c2)cc1. The number of halogens is 1. The number of nitrogens with one attached hydrogen (secondary N) is 1. The number of thioether (sulfide) groups is 1. The number of ether oxygens (including phenoxy) is 2. The second-order valence-electron chi connectivity index (χ2n) is 5.43. The molecule has 1 N–H and O–H groups in total. The molecule has 0 spiro atoms. The lowest BCUT2D eigenvalue weighted by molar-refractivity contribution is -0.118. The van der Waals surface area contributed by atoms with Crippen molar-refractivity contribution in [3.8, 4) is 5.75 Å². The molecule has 0 radical (unpaired) electrons. The maximum Gasteiger partial charge on any atom is 0.337 e. The molecule has 0 aliphatic carbocycles. The number of carbonyl (C=O) groups excluding carboxylic acids is 2. The maximum atomic E-state index is 13.6. The normalized spacial score (nSPS) is 10.3. The van der Waals surface area contributed by atoms with Crippen molar-refractivity contribution in [3.05, 3.63) is 65.0 Å². The van der Waals surface area contributed by atoms with Crippen LogP contribution in [0.2, 0.25) is 0 Å². The zero-order valence-electron chi connectivity index (χ0n) is 14.6. The molecule has 7 heteroatoms. The fourth-order valence-electron chi connectivity index (χ4n) is 2.19. The minimum absolute atomic E-state index is 0.110. The van der Waals surface area contributed by atoms with Gasteiger partial charge in [-0.3, -0.25) is 4.79 Å². The number of hydrogen-bond acceptors (Lipinski definition) is 5. The Morgan fingerprint density at radius 2 is 1.77 bits per heavy atom. The summed E-state index contributed by atoms with van der Waals surface area (Å²) in [6.07, 6.45) is 0. The molecule has 138 valence electrons. The van der Waals surface area contributed by atoms with Crippen LogP contribution in [-0.2, 0) is 21.8 Å². The van der Waals surface area contributed by atoms with Crippen LogP contribution in [0.4, 0.5) is 4.39 Å². The number of amides is 1. The molecule has 0 atom stereocenters. The molecule has 0 aliphatic rings. The molecular weight excluding hydrogens is 357 g/mol. The second kappa shape index (κ2) is 9.82. The zero-order chi connectivity index (χ0) is 18.9. The van der Waals surface area contributed by atoms with E-state index < -0.39 is 11.8 Å². The first-order chi connectivity index (χ1) is 12.5. The largest absolute Gasteiger partial charge is 0.494 e. The summed E-state index contributed by atoms with van der Waals surface area (Å²) in [7, 11) is 2.74. The first-order valence-electron chi connectivity index (χ1n) is 7.87. The quantitative estimate of drug-likeness (QED) is 0.716. The summed E-state index contributed by atoms with van der Waals surface area (Å²) in [5, 5.41) is 2.81. The Bertz CT molecular complexity index is 765. The summed E-state index contributed by atoms with van der Waals surface area (Å²) in [4.78, 5) is 23.3. The number of hydrogen-bond donors (Lipinski definition) is 1. The molecule has 0 unspecified atom stereocenters. The lowest BCUT2D eigenvalue weighted by atomic mass is 10.1. The van der Waals surface area contributed by atoms with Gasteiger partial charge in [0.15, 0.2) is 11.6 Å². The number of benzene rings is 2. The topological polar surface area (TPSA) is 64.6 Å². The first kappa shape index (κ1) is 19.8. The Hall–Kier alpha value is -2.54. The van der Waals surface area contributed by atoms with Gasteiger partial charge in [0.25, 0.3) is 0 Å². The molecule has 0 saturated heterocycles. The molecule has 2 aromatic carbocycles. The molecule has 26 heavy (non-hydrogen) atoms. The molecule has 5 nitrogen and oxygen atoms in total. The van der Waals surface area contributed by atoms with Gasteiger partial charge in [0.2, 0.25) is 5.91 Å². The molecule has 0 aromatic heterocycles. The van der Waals surface area contributed by atoms with Crippen LogP contribution in [-0.4, -0.2) is 31.8 Å². The van der Waals surface area contributed by atoms with Crippen LogP contribution in [0.5, 0.6) is 5.75 Å². The summed E-state index contributed by atoms with van der Waals surface area (Å²) in [5.74, 6) is 0.0870. The van der Waals surface area contributed by atoms with Gasteiger partial charge in [-0.25, -0.2) is 9.18 Å². The third-order valence-electron chi connectivity index (χ3n) is 3.58. The zero-order valence-corrected chi connectivity index (χ0v) is 15.4. The molecule has 1 amide bonds. The predicted molar refractivity (Wildman–Crippen MR) is 98.7 cm³/mol. The van der Waals surface area contributed by atoms with Gasteiger partial charge in [-0.15, -0.1) is 11.8 Å². The summed E-state index contributed by atoms with van der Waals surface area (Å²) in [5.41, 5.74) is 2.14. The van der Waals surface area contributed by atoms with Crippen molar-refractivity contribution in [1.29, 1.82) is 0 Å². The average Bonchev–Trinajstić information content (AvgIpc) is 2.66. The number of methoxy groups -OCH3 is 2. The lowest BCUT2D eigenvalue weighted by Gasteiger charge is -2.07. The summed E-state index contributed by atoms with van der Waals surface area (Å²) in [6.45, 7) is 0.373. The highest BCUT2D eigenvalue weighted by molar-refractivity contribution is 7.99. The van der Waals surface area contributed by atoms with Gasteiger partial charge < -0.3 is 14.8 Å². The molecule has 0 saturated carbocycles. The third-order valence-corrected chi connectivity index (χ3v) is 4.59. The first-order valence-corrected chi connectivity index (χ1v) is 9.03. The van der Waals surface area contributed by atoms with Gasteiger partial charge in [0, 0.05) is 12.3 Å². The highest BCUT2D eigenvalue weighted by atomic mass is 32.2. The van der Waals surface area contributed by atoms with Gasteiger partial charge in [-0.1, -0.05) is 18.2 Å². The van der Waals surface area contributed by atoms with Crippen LogP contribution in [0.25, 0.3) is 0 Å². The van der Waals surface area contributed by atoms with E-state index in [2.05, 4.69) is 10.1 Å². The van der Waals surface area contributed by atoms with Crippen LogP contribution >= 0.6 is 11.8 Å². The highest BCUT2D eigenvalue weighted by Gasteiger charge is 2.07. The van der Waals surface area contributed by atoms with Crippen molar-refractivity contribution in [2.75, 3.05) is 20.0 Å². The Morgan fingerprint density at radius 1 is 1.08 bits per heavy atom. The maximum absolute atomic E-state index is 13.6. The summed E-state index contributed by atoms with van der Waals surface area (Å²) in [6, 6.07) is 11.6. The Balaban J connectivity index is 1.73. The Labute approximate surface area is 155 Å².